The van der Waals surface area contributed by atoms with Crippen LogP contribution < -0.4 is 14.8 Å². The van der Waals surface area contributed by atoms with Crippen LogP contribution in [0.25, 0.3) is 0 Å². The molecule has 2 aliphatic rings. The molecule has 0 radical (unpaired) electrons. The summed E-state index contributed by atoms with van der Waals surface area (Å²) in [6.45, 7) is 5.56. The summed E-state index contributed by atoms with van der Waals surface area (Å²) in [5, 5.41) is 3.76. The zero-order chi connectivity index (χ0) is 15.6. The molecule has 1 aliphatic heterocycles. The molecule has 0 saturated heterocycles. The number of ether oxygens (including phenoxy) is 2. The lowest BCUT2D eigenvalue weighted by molar-refractivity contribution is -0.00306. The zero-order valence-electron chi connectivity index (χ0n) is 14.2. The maximum atomic E-state index is 6.50. The minimum atomic E-state index is 0.0501. The predicted molar refractivity (Wildman–Crippen MR) is 89.6 cm³/mol. The van der Waals surface area contributed by atoms with Gasteiger partial charge in [0.1, 0.15) is 17.1 Å². The largest absolute Gasteiger partial charge is 0.497 e. The molecule has 3 nitrogen and oxygen atoms in total. The molecule has 1 aliphatic carbocycles. The molecule has 0 bridgehead atoms. The summed E-state index contributed by atoms with van der Waals surface area (Å²) in [5.74, 6) is 2.62. The van der Waals surface area contributed by atoms with Crippen LogP contribution in [0, 0.1) is 5.92 Å². The predicted octanol–water partition coefficient (Wildman–Crippen LogP) is 4.47. The molecule has 3 heteroatoms. The monoisotopic (exact) mass is 303 g/mol. The topological polar surface area (TPSA) is 30.5 Å². The highest BCUT2D eigenvalue weighted by atomic mass is 16.5. The first-order valence-electron chi connectivity index (χ1n) is 8.72. The van der Waals surface area contributed by atoms with E-state index in [1.807, 2.05) is 6.07 Å². The van der Waals surface area contributed by atoms with Gasteiger partial charge in [0, 0.05) is 18.0 Å². The molecular weight excluding hydrogens is 274 g/mol. The molecule has 122 valence electrons. The summed E-state index contributed by atoms with van der Waals surface area (Å²) in [7, 11) is 1.73. The summed E-state index contributed by atoms with van der Waals surface area (Å²) in [4.78, 5) is 0. The van der Waals surface area contributed by atoms with E-state index in [9.17, 15) is 0 Å². The summed E-state index contributed by atoms with van der Waals surface area (Å²) < 4.78 is 11.9. The second-order valence-electron chi connectivity index (χ2n) is 7.31. The fourth-order valence-electron chi connectivity index (χ4n) is 3.84. The molecule has 3 rings (SSSR count). The second kappa shape index (κ2) is 6.49. The van der Waals surface area contributed by atoms with Gasteiger partial charge in [-0.2, -0.15) is 0 Å². The number of nitrogens with one attached hydrogen (secondary N) is 1. The van der Waals surface area contributed by atoms with Crippen LogP contribution in [0.5, 0.6) is 11.5 Å². The fourth-order valence-corrected chi connectivity index (χ4v) is 3.84. The Morgan fingerprint density at radius 2 is 2.05 bits per heavy atom. The molecule has 1 aromatic rings. The van der Waals surface area contributed by atoms with Crippen molar-refractivity contribution in [3.8, 4) is 11.5 Å². The maximum absolute atomic E-state index is 6.50. The van der Waals surface area contributed by atoms with Crippen molar-refractivity contribution in [3.63, 3.8) is 0 Å². The summed E-state index contributed by atoms with van der Waals surface area (Å²) in [6, 6.07) is 6.62. The van der Waals surface area contributed by atoms with E-state index < -0.39 is 0 Å². The first-order valence-corrected chi connectivity index (χ1v) is 8.72. The number of hydrogen-bond acceptors (Lipinski definition) is 3. The standard InChI is InChI=1S/C19H29NO2/c1-14(2)13-20-17-12-19(9-5-4-6-10-19)22-18-8-7-15(21-3)11-16(17)18/h7-8,11,14,17,20H,4-6,9-10,12-13H2,1-3H3. The van der Waals surface area contributed by atoms with Gasteiger partial charge in [0.05, 0.1) is 7.11 Å². The van der Waals surface area contributed by atoms with E-state index in [-0.39, 0.29) is 5.60 Å². The normalized spacial score (nSPS) is 23.2. The van der Waals surface area contributed by atoms with Crippen LogP contribution in [-0.2, 0) is 0 Å². The van der Waals surface area contributed by atoms with Crippen LogP contribution in [0.4, 0.5) is 0 Å². The number of fused-ring (bicyclic) bond motifs is 1. The van der Waals surface area contributed by atoms with Gasteiger partial charge in [-0.1, -0.05) is 20.3 Å². The van der Waals surface area contributed by atoms with Crippen LogP contribution in [0.2, 0.25) is 0 Å². The van der Waals surface area contributed by atoms with Gasteiger partial charge in [-0.3, -0.25) is 0 Å². The Kier molecular flexibility index (Phi) is 4.62. The number of hydrogen-bond donors (Lipinski definition) is 1. The molecule has 0 amide bonds. The quantitative estimate of drug-likeness (QED) is 0.890. The third-order valence-corrected chi connectivity index (χ3v) is 5.03. The van der Waals surface area contributed by atoms with Gasteiger partial charge < -0.3 is 14.8 Å². The van der Waals surface area contributed by atoms with Crippen LogP contribution in [0.3, 0.4) is 0 Å². The Labute approximate surface area is 134 Å². The van der Waals surface area contributed by atoms with Crippen LogP contribution in [0.1, 0.15) is 64.0 Å². The lowest BCUT2D eigenvalue weighted by atomic mass is 9.77. The second-order valence-corrected chi connectivity index (χ2v) is 7.31. The number of rotatable bonds is 4. The highest BCUT2D eigenvalue weighted by molar-refractivity contribution is 5.44. The van der Waals surface area contributed by atoms with Crippen LogP contribution >= 0.6 is 0 Å². The third kappa shape index (κ3) is 3.24. The van der Waals surface area contributed by atoms with E-state index in [2.05, 4.69) is 31.3 Å². The molecule has 1 aromatic carbocycles. The van der Waals surface area contributed by atoms with Gasteiger partial charge in [-0.05, 0) is 56.3 Å². The van der Waals surface area contributed by atoms with Gasteiger partial charge in [-0.25, -0.2) is 0 Å². The number of methoxy groups -OCH3 is 1. The Hall–Kier alpha value is -1.22. The smallest absolute Gasteiger partial charge is 0.125 e. The molecule has 1 saturated carbocycles. The molecule has 1 N–H and O–H groups in total. The van der Waals surface area contributed by atoms with Crippen molar-refractivity contribution >= 4 is 0 Å². The summed E-state index contributed by atoms with van der Waals surface area (Å²) in [5.41, 5.74) is 1.31. The van der Waals surface area contributed by atoms with Gasteiger partial charge in [-0.15, -0.1) is 0 Å². The first kappa shape index (κ1) is 15.7. The zero-order valence-corrected chi connectivity index (χ0v) is 14.2. The van der Waals surface area contributed by atoms with Gasteiger partial charge in [0.15, 0.2) is 0 Å². The molecular formula is C19H29NO2. The lowest BCUT2D eigenvalue weighted by Gasteiger charge is -2.45. The van der Waals surface area contributed by atoms with Crippen molar-refractivity contribution in [3.05, 3.63) is 23.8 Å². The lowest BCUT2D eigenvalue weighted by Crippen LogP contribution is -2.46. The van der Waals surface area contributed by atoms with Crippen molar-refractivity contribution < 1.29 is 9.47 Å². The minimum absolute atomic E-state index is 0.0501. The summed E-state index contributed by atoms with van der Waals surface area (Å²) in [6.07, 6.45) is 7.41. The minimum Gasteiger partial charge on any atom is -0.497 e. The van der Waals surface area contributed by atoms with Crippen molar-refractivity contribution in [2.24, 2.45) is 5.92 Å². The van der Waals surface area contributed by atoms with E-state index in [0.29, 0.717) is 12.0 Å². The fraction of sp³-hybridized carbons (Fsp3) is 0.684. The SMILES string of the molecule is COc1ccc2c(c1)C(NCC(C)C)CC1(CCCCC1)O2. The average Bonchev–Trinajstić information content (AvgIpc) is 2.53. The van der Waals surface area contributed by atoms with E-state index in [1.54, 1.807) is 7.11 Å². The van der Waals surface area contributed by atoms with Crippen molar-refractivity contribution in [2.75, 3.05) is 13.7 Å². The summed E-state index contributed by atoms with van der Waals surface area (Å²) >= 11 is 0. The first-order chi connectivity index (χ1) is 10.6. The number of benzene rings is 1. The molecule has 22 heavy (non-hydrogen) atoms. The average molecular weight is 303 g/mol. The van der Waals surface area contributed by atoms with E-state index in [4.69, 9.17) is 9.47 Å². The Morgan fingerprint density at radius 1 is 1.27 bits per heavy atom. The maximum Gasteiger partial charge on any atom is 0.125 e. The van der Waals surface area contributed by atoms with Crippen molar-refractivity contribution in [1.82, 2.24) is 5.32 Å². The molecule has 1 unspecified atom stereocenters. The van der Waals surface area contributed by atoms with Crippen LogP contribution in [-0.4, -0.2) is 19.3 Å². The molecule has 1 spiro atoms. The van der Waals surface area contributed by atoms with E-state index >= 15 is 0 Å². The van der Waals surface area contributed by atoms with E-state index in [1.165, 1.54) is 37.7 Å². The Morgan fingerprint density at radius 3 is 2.73 bits per heavy atom. The molecule has 0 aromatic heterocycles. The van der Waals surface area contributed by atoms with Gasteiger partial charge in [0.25, 0.3) is 0 Å². The highest BCUT2D eigenvalue weighted by Crippen LogP contribution is 2.47. The third-order valence-electron chi connectivity index (χ3n) is 5.03. The molecule has 1 atom stereocenters. The van der Waals surface area contributed by atoms with Gasteiger partial charge in [0.2, 0.25) is 0 Å². The molecule has 1 fully saturated rings. The highest BCUT2D eigenvalue weighted by Gasteiger charge is 2.41. The van der Waals surface area contributed by atoms with Crippen molar-refractivity contribution in [2.45, 2.75) is 64.0 Å². The Balaban J connectivity index is 1.88. The van der Waals surface area contributed by atoms with Crippen LogP contribution in [0.15, 0.2) is 18.2 Å². The van der Waals surface area contributed by atoms with Gasteiger partial charge >= 0.3 is 0 Å². The van der Waals surface area contributed by atoms with Crippen molar-refractivity contribution in [1.29, 1.82) is 0 Å². The molecule has 1 heterocycles. The van der Waals surface area contributed by atoms with E-state index in [0.717, 1.165) is 24.5 Å². The Bertz CT molecular complexity index is 506.